The minimum Gasteiger partial charge on any atom is -0.481 e. The maximum absolute atomic E-state index is 11.2. The van der Waals surface area contributed by atoms with Crippen LogP contribution in [0, 0.1) is 18.3 Å². The smallest absolute Gasteiger partial charge is 0.303 e. The second-order valence-corrected chi connectivity index (χ2v) is 3.65. The molecule has 0 saturated heterocycles. The van der Waals surface area contributed by atoms with E-state index in [0.717, 1.165) is 0 Å². The van der Waals surface area contributed by atoms with Gasteiger partial charge < -0.3 is 10.4 Å². The second kappa shape index (κ2) is 8.74. The average molecular weight is 226 g/mol. The second-order valence-electron chi connectivity index (χ2n) is 3.65. The van der Waals surface area contributed by atoms with Gasteiger partial charge in [-0.15, -0.1) is 6.42 Å². The summed E-state index contributed by atoms with van der Waals surface area (Å²) in [5, 5.41) is 13.9. The van der Waals surface area contributed by atoms with Gasteiger partial charge in [0.05, 0.1) is 13.1 Å². The Kier molecular flexibility index (Phi) is 7.90. The third kappa shape index (κ3) is 9.03. The zero-order valence-electron chi connectivity index (χ0n) is 9.45. The van der Waals surface area contributed by atoms with E-state index < -0.39 is 5.97 Å². The van der Waals surface area contributed by atoms with Gasteiger partial charge in [0.1, 0.15) is 0 Å². The van der Waals surface area contributed by atoms with Crippen LogP contribution in [0.3, 0.4) is 0 Å². The third-order valence-corrected chi connectivity index (χ3v) is 2.01. The van der Waals surface area contributed by atoms with E-state index in [2.05, 4.69) is 16.6 Å². The van der Waals surface area contributed by atoms with Crippen LogP contribution < -0.4 is 10.6 Å². The zero-order valence-corrected chi connectivity index (χ0v) is 9.45. The van der Waals surface area contributed by atoms with Crippen LogP contribution in [0.25, 0.3) is 0 Å². The Labute approximate surface area is 95.6 Å². The van der Waals surface area contributed by atoms with Crippen molar-refractivity contribution in [3.63, 3.8) is 0 Å². The first kappa shape index (κ1) is 14.5. The van der Waals surface area contributed by atoms with E-state index in [0.29, 0.717) is 19.5 Å². The summed E-state index contributed by atoms with van der Waals surface area (Å²) < 4.78 is 0. The van der Waals surface area contributed by atoms with Crippen molar-refractivity contribution in [1.29, 1.82) is 0 Å². The minimum atomic E-state index is -0.811. The summed E-state index contributed by atoms with van der Waals surface area (Å²) in [4.78, 5) is 21.5. The van der Waals surface area contributed by atoms with Crippen molar-refractivity contribution in [2.75, 3.05) is 19.6 Å². The summed E-state index contributed by atoms with van der Waals surface area (Å²) >= 11 is 0. The summed E-state index contributed by atoms with van der Waals surface area (Å²) in [6.45, 7) is 2.94. The normalized spacial score (nSPS) is 11.5. The number of hydrogen-bond acceptors (Lipinski definition) is 3. The molecule has 0 radical (unpaired) electrons. The van der Waals surface area contributed by atoms with Crippen LogP contribution in [0.2, 0.25) is 0 Å². The average Bonchev–Trinajstić information content (AvgIpc) is 2.24. The summed E-state index contributed by atoms with van der Waals surface area (Å²) in [5.74, 6) is 1.59. The van der Waals surface area contributed by atoms with E-state index in [1.54, 1.807) is 0 Å². The largest absolute Gasteiger partial charge is 0.481 e. The molecule has 1 amide bonds. The summed E-state index contributed by atoms with van der Waals surface area (Å²) in [7, 11) is 0. The van der Waals surface area contributed by atoms with Crippen molar-refractivity contribution in [3.05, 3.63) is 0 Å². The lowest BCUT2D eigenvalue weighted by molar-refractivity contribution is -0.137. The number of rotatable bonds is 8. The Morgan fingerprint density at radius 3 is 2.75 bits per heavy atom. The number of carbonyl (C=O) groups is 2. The molecule has 0 aliphatic carbocycles. The SMILES string of the molecule is C#CCNCC(=O)NCC(C)CCC(=O)O. The van der Waals surface area contributed by atoms with E-state index in [1.165, 1.54) is 0 Å². The first-order valence-corrected chi connectivity index (χ1v) is 5.19. The molecule has 0 aromatic rings. The molecule has 0 aromatic heterocycles. The lowest BCUT2D eigenvalue weighted by Crippen LogP contribution is -2.36. The van der Waals surface area contributed by atoms with Crippen LogP contribution in [0.1, 0.15) is 19.8 Å². The molecule has 1 unspecified atom stereocenters. The van der Waals surface area contributed by atoms with Crippen molar-refractivity contribution in [2.45, 2.75) is 19.8 Å². The monoisotopic (exact) mass is 226 g/mol. The molecule has 3 N–H and O–H groups in total. The molecule has 0 aromatic carbocycles. The van der Waals surface area contributed by atoms with Gasteiger partial charge in [0.25, 0.3) is 0 Å². The van der Waals surface area contributed by atoms with Gasteiger partial charge in [0.2, 0.25) is 5.91 Å². The van der Waals surface area contributed by atoms with E-state index in [1.807, 2.05) is 6.92 Å². The van der Waals surface area contributed by atoms with Crippen LogP contribution in [-0.4, -0.2) is 36.6 Å². The molecule has 16 heavy (non-hydrogen) atoms. The van der Waals surface area contributed by atoms with Crippen LogP contribution in [0.15, 0.2) is 0 Å². The van der Waals surface area contributed by atoms with Crippen LogP contribution in [-0.2, 0) is 9.59 Å². The molecule has 0 heterocycles. The number of carboxylic acid groups (broad SMARTS) is 1. The van der Waals surface area contributed by atoms with Crippen LogP contribution in [0.4, 0.5) is 0 Å². The fourth-order valence-corrected chi connectivity index (χ4v) is 1.07. The highest BCUT2D eigenvalue weighted by Crippen LogP contribution is 2.03. The summed E-state index contributed by atoms with van der Waals surface area (Å²) in [5.41, 5.74) is 0. The summed E-state index contributed by atoms with van der Waals surface area (Å²) in [6, 6.07) is 0. The number of carboxylic acids is 1. The number of aliphatic carboxylic acids is 1. The fourth-order valence-electron chi connectivity index (χ4n) is 1.07. The first-order chi connectivity index (χ1) is 7.56. The van der Waals surface area contributed by atoms with Gasteiger partial charge in [-0.05, 0) is 12.3 Å². The van der Waals surface area contributed by atoms with Crippen LogP contribution in [0.5, 0.6) is 0 Å². The van der Waals surface area contributed by atoms with Gasteiger partial charge >= 0.3 is 5.97 Å². The van der Waals surface area contributed by atoms with Crippen molar-refractivity contribution in [1.82, 2.24) is 10.6 Å². The molecule has 0 aliphatic heterocycles. The Morgan fingerprint density at radius 2 is 2.19 bits per heavy atom. The molecule has 0 aliphatic rings. The molecule has 0 bridgehead atoms. The molecule has 0 fully saturated rings. The molecule has 0 rings (SSSR count). The number of hydrogen-bond donors (Lipinski definition) is 3. The van der Waals surface area contributed by atoms with E-state index in [-0.39, 0.29) is 24.8 Å². The van der Waals surface area contributed by atoms with Gasteiger partial charge in [-0.1, -0.05) is 12.8 Å². The van der Waals surface area contributed by atoms with Gasteiger partial charge in [-0.2, -0.15) is 0 Å². The highest BCUT2D eigenvalue weighted by Gasteiger charge is 2.07. The predicted octanol–water partition coefficient (Wildman–Crippen LogP) is -0.174. The van der Waals surface area contributed by atoms with Crippen LogP contribution >= 0.6 is 0 Å². The van der Waals surface area contributed by atoms with E-state index >= 15 is 0 Å². The molecule has 90 valence electrons. The Balaban J connectivity index is 3.51. The minimum absolute atomic E-state index is 0.127. The highest BCUT2D eigenvalue weighted by molar-refractivity contribution is 5.78. The van der Waals surface area contributed by atoms with Gasteiger partial charge in [0, 0.05) is 13.0 Å². The van der Waals surface area contributed by atoms with Gasteiger partial charge in [-0.3, -0.25) is 14.9 Å². The number of amides is 1. The lowest BCUT2D eigenvalue weighted by atomic mass is 10.1. The Hall–Kier alpha value is -1.54. The Morgan fingerprint density at radius 1 is 1.50 bits per heavy atom. The topological polar surface area (TPSA) is 78.4 Å². The molecule has 0 spiro atoms. The lowest BCUT2D eigenvalue weighted by Gasteiger charge is -2.11. The molecule has 1 atom stereocenters. The van der Waals surface area contributed by atoms with Crippen molar-refractivity contribution < 1.29 is 14.7 Å². The first-order valence-electron chi connectivity index (χ1n) is 5.19. The highest BCUT2D eigenvalue weighted by atomic mass is 16.4. The van der Waals surface area contributed by atoms with E-state index in [4.69, 9.17) is 11.5 Å². The van der Waals surface area contributed by atoms with Crippen molar-refractivity contribution in [2.24, 2.45) is 5.92 Å². The van der Waals surface area contributed by atoms with Gasteiger partial charge in [-0.25, -0.2) is 0 Å². The molecule has 5 heteroatoms. The fraction of sp³-hybridized carbons (Fsp3) is 0.636. The zero-order chi connectivity index (χ0) is 12.4. The maximum atomic E-state index is 11.2. The quantitative estimate of drug-likeness (QED) is 0.396. The number of carbonyl (C=O) groups excluding carboxylic acids is 1. The third-order valence-electron chi connectivity index (χ3n) is 2.01. The Bertz CT molecular complexity index is 271. The molecular formula is C11H18N2O3. The molecule has 0 saturated carbocycles. The van der Waals surface area contributed by atoms with Gasteiger partial charge in [0.15, 0.2) is 0 Å². The molecular weight excluding hydrogens is 208 g/mol. The number of nitrogens with one attached hydrogen (secondary N) is 2. The standard InChI is InChI=1S/C11H18N2O3/c1-3-6-12-8-10(14)13-7-9(2)4-5-11(15)16/h1,9,12H,4-8H2,2H3,(H,13,14)(H,15,16). The molecule has 5 nitrogen and oxygen atoms in total. The number of terminal acetylenes is 1. The maximum Gasteiger partial charge on any atom is 0.303 e. The van der Waals surface area contributed by atoms with Crippen molar-refractivity contribution in [3.8, 4) is 12.3 Å². The van der Waals surface area contributed by atoms with E-state index in [9.17, 15) is 9.59 Å². The summed E-state index contributed by atoms with van der Waals surface area (Å²) in [6.07, 6.45) is 5.70. The van der Waals surface area contributed by atoms with Crippen molar-refractivity contribution >= 4 is 11.9 Å². The predicted molar refractivity (Wildman–Crippen MR) is 60.7 cm³/mol.